The molecule has 0 aliphatic rings. The van der Waals surface area contributed by atoms with Crippen LogP contribution < -0.4 is 40.2 Å². The number of halogens is 6. The van der Waals surface area contributed by atoms with Gasteiger partial charge in [-0.05, 0) is 121 Å². The maximum atomic E-state index is 13.1. The number of benzene rings is 4. The van der Waals surface area contributed by atoms with Crippen molar-refractivity contribution < 1.29 is 90.4 Å². The van der Waals surface area contributed by atoms with Crippen LogP contribution in [0.15, 0.2) is 146 Å². The Kier molecular flexibility index (Phi) is 17.7. The second kappa shape index (κ2) is 23.1. The number of rotatable bonds is 12. The van der Waals surface area contributed by atoms with E-state index in [1.807, 2.05) is 13.0 Å². The van der Waals surface area contributed by atoms with Crippen LogP contribution >= 0.6 is 0 Å². The van der Waals surface area contributed by atoms with E-state index in [9.17, 15) is 45.5 Å². The summed E-state index contributed by atoms with van der Waals surface area (Å²) in [5.41, 5.74) is 5.33. The van der Waals surface area contributed by atoms with E-state index in [2.05, 4.69) is 20.8 Å². The number of aromatic carboxylic acids is 1. The van der Waals surface area contributed by atoms with Crippen molar-refractivity contribution in [2.75, 3.05) is 7.11 Å². The molecule has 0 radical (unpaired) electrons. The van der Waals surface area contributed by atoms with Gasteiger partial charge in [-0.25, -0.2) is 18.6 Å². The molecule has 0 saturated heterocycles. The van der Waals surface area contributed by atoms with Gasteiger partial charge in [0.2, 0.25) is 0 Å². The number of carboxylic acids is 1. The van der Waals surface area contributed by atoms with Crippen LogP contribution in [-0.4, -0.2) is 60.7 Å². The van der Waals surface area contributed by atoms with Gasteiger partial charge < -0.3 is 26.0 Å². The molecule has 0 saturated carbocycles. The molecule has 362 valence electrons. The average Bonchev–Trinajstić information content (AvgIpc) is 3.98. The Morgan fingerprint density at radius 2 is 0.958 bits per heavy atom. The standard InChI is InChI=1S/C26H22F3N3O3.C25H20F3N3O3.Na.H2O/c1-16(18-7-9-19(10-8-18)25(34)35-2)31-24(33)22-15-30-32-13-3-4-20(23(22)32)14-17-5-11-21(12-6-17)26(27,28)29;1-15(17-6-8-18(9-7-17)24(33)34)30-23(32)21-14-29-31-12-2-3-19(22(21)31)13-16-4-10-20(11-5-16)25(26,27)28;;/h3-13,15-16H,14H2,1-2H3,(H,31,33);2-12,14-15H,13H2,1H3,(H,30,32)(H,33,34);;1H2/q;;+1;/p-1/t16-;15-;;/m11../s1. The summed E-state index contributed by atoms with van der Waals surface area (Å²) in [6.45, 7) is 3.60. The molecule has 0 bridgehead atoms. The van der Waals surface area contributed by atoms with E-state index in [1.54, 1.807) is 82.9 Å². The summed E-state index contributed by atoms with van der Waals surface area (Å²) >= 11 is 0. The van der Waals surface area contributed by atoms with Crippen LogP contribution in [0.2, 0.25) is 0 Å². The fourth-order valence-electron chi connectivity index (χ4n) is 7.57. The van der Waals surface area contributed by atoms with E-state index in [-0.39, 0.29) is 58.5 Å². The third-order valence-electron chi connectivity index (χ3n) is 11.3. The molecule has 4 aromatic heterocycles. The topological polar surface area (TPSA) is 186 Å². The van der Waals surface area contributed by atoms with Gasteiger partial charge in [0, 0.05) is 12.4 Å². The third kappa shape index (κ3) is 13.1. The quantitative estimate of drug-likeness (QED) is 0.0648. The minimum atomic E-state index is -4.40. The smallest absolute Gasteiger partial charge is 0.870 e. The molecule has 0 aliphatic heterocycles. The van der Waals surface area contributed by atoms with Gasteiger partial charge in [-0.2, -0.15) is 36.5 Å². The van der Waals surface area contributed by atoms with E-state index in [4.69, 9.17) is 9.84 Å². The van der Waals surface area contributed by atoms with E-state index < -0.39 is 41.5 Å². The van der Waals surface area contributed by atoms with Crippen molar-refractivity contribution in [2.24, 2.45) is 0 Å². The van der Waals surface area contributed by atoms with Gasteiger partial charge in [0.05, 0.1) is 76.0 Å². The summed E-state index contributed by atoms with van der Waals surface area (Å²) in [5.74, 6) is -2.19. The Morgan fingerprint density at radius 3 is 1.30 bits per heavy atom. The number of carbonyl (C=O) groups is 4. The number of hydrogen-bond donors (Lipinski definition) is 3. The predicted molar refractivity (Wildman–Crippen MR) is 244 cm³/mol. The van der Waals surface area contributed by atoms with Gasteiger partial charge in [-0.1, -0.05) is 60.7 Å². The number of ether oxygens (including phenoxy) is 1. The van der Waals surface area contributed by atoms with Crippen LogP contribution in [0, 0.1) is 0 Å². The maximum Gasteiger partial charge on any atom is 1.00 e. The molecular formula is C51H43F6N6NaO7. The zero-order valence-electron chi connectivity index (χ0n) is 38.4. The largest absolute Gasteiger partial charge is 1.00 e. The van der Waals surface area contributed by atoms with Crippen LogP contribution in [0.5, 0.6) is 0 Å². The zero-order chi connectivity index (χ0) is 49.6. The molecule has 4 heterocycles. The molecular weight excluding hydrogens is 946 g/mol. The van der Waals surface area contributed by atoms with Crippen LogP contribution in [0.1, 0.15) is 112 Å². The number of carbonyl (C=O) groups excluding carboxylic acids is 3. The number of nitrogens with one attached hydrogen (secondary N) is 2. The summed E-state index contributed by atoms with van der Waals surface area (Å²) in [4.78, 5) is 48.8. The van der Waals surface area contributed by atoms with Crippen LogP contribution in [0.3, 0.4) is 0 Å². The molecule has 2 amide bonds. The van der Waals surface area contributed by atoms with Crippen molar-refractivity contribution >= 4 is 34.8 Å². The van der Waals surface area contributed by atoms with Gasteiger partial charge in [-0.15, -0.1) is 0 Å². The molecule has 0 unspecified atom stereocenters. The summed E-state index contributed by atoms with van der Waals surface area (Å²) in [6.07, 6.45) is -1.84. The van der Waals surface area contributed by atoms with Crippen molar-refractivity contribution in [3.05, 3.63) is 213 Å². The summed E-state index contributed by atoms with van der Waals surface area (Å²) in [6, 6.07) is 29.2. The third-order valence-corrected chi connectivity index (χ3v) is 11.3. The molecule has 2 atom stereocenters. The second-order valence-corrected chi connectivity index (χ2v) is 15.9. The van der Waals surface area contributed by atoms with Crippen molar-refractivity contribution in [3.63, 3.8) is 0 Å². The van der Waals surface area contributed by atoms with Crippen LogP contribution in [-0.2, 0) is 29.9 Å². The molecule has 0 spiro atoms. The number of carboxylic acid groups (broad SMARTS) is 1. The molecule has 20 heteroatoms. The van der Waals surface area contributed by atoms with E-state index in [0.717, 1.165) is 46.5 Å². The van der Waals surface area contributed by atoms with Crippen LogP contribution in [0.4, 0.5) is 26.3 Å². The fourth-order valence-corrected chi connectivity index (χ4v) is 7.57. The Bertz CT molecular complexity index is 3140. The predicted octanol–water partition coefficient (Wildman–Crippen LogP) is 7.18. The van der Waals surface area contributed by atoms with E-state index in [0.29, 0.717) is 51.7 Å². The Balaban J connectivity index is 0.000000257. The van der Waals surface area contributed by atoms with Crippen molar-refractivity contribution in [1.82, 2.24) is 29.9 Å². The molecule has 71 heavy (non-hydrogen) atoms. The Morgan fingerprint density at radius 1 is 0.592 bits per heavy atom. The number of esters is 1. The second-order valence-electron chi connectivity index (χ2n) is 15.9. The maximum absolute atomic E-state index is 13.1. The van der Waals surface area contributed by atoms with Crippen LogP contribution in [0.25, 0.3) is 11.0 Å². The number of aromatic nitrogens is 4. The number of hydrogen-bond acceptors (Lipinski definition) is 8. The molecule has 0 fully saturated rings. The molecule has 8 rings (SSSR count). The first-order valence-corrected chi connectivity index (χ1v) is 21.2. The number of fused-ring (bicyclic) bond motifs is 2. The first-order chi connectivity index (χ1) is 32.8. The van der Waals surface area contributed by atoms with Gasteiger partial charge in [-0.3, -0.25) is 9.59 Å². The zero-order valence-corrected chi connectivity index (χ0v) is 40.4. The van der Waals surface area contributed by atoms with E-state index in [1.165, 1.54) is 55.9 Å². The summed E-state index contributed by atoms with van der Waals surface area (Å²) in [5, 5.41) is 23.4. The summed E-state index contributed by atoms with van der Waals surface area (Å²) in [7, 11) is 1.31. The van der Waals surface area contributed by atoms with Gasteiger partial charge in [0.25, 0.3) is 11.8 Å². The molecule has 4 aromatic carbocycles. The molecule has 13 nitrogen and oxygen atoms in total. The monoisotopic (exact) mass is 988 g/mol. The van der Waals surface area contributed by atoms with Crippen molar-refractivity contribution in [3.8, 4) is 0 Å². The number of amides is 2. The molecule has 8 aromatic rings. The van der Waals surface area contributed by atoms with Gasteiger partial charge >= 0.3 is 53.8 Å². The Labute approximate surface area is 424 Å². The van der Waals surface area contributed by atoms with Crippen molar-refractivity contribution in [1.29, 1.82) is 0 Å². The first kappa shape index (κ1) is 54.6. The number of alkyl halides is 6. The fraction of sp³-hybridized carbons (Fsp3) is 0.176. The SMILES string of the molecule is COC(=O)c1ccc([C@@H](C)NC(=O)c2cnn3cccc(Cc4ccc(C(F)(F)F)cc4)c23)cc1.C[C@@H](NC(=O)c1cnn2cccc(Cc3ccc(C(F)(F)F)cc3)c12)c1ccc(C(=O)O)cc1.[Na+].[OH-]. The first-order valence-electron chi connectivity index (χ1n) is 21.2. The number of methoxy groups -OCH3 is 1. The van der Waals surface area contributed by atoms with E-state index >= 15 is 0 Å². The number of nitrogens with zero attached hydrogens (tertiary/aromatic N) is 4. The minimum Gasteiger partial charge on any atom is -0.870 e. The molecule has 0 aliphatic carbocycles. The average molecular weight is 989 g/mol. The summed E-state index contributed by atoms with van der Waals surface area (Å²) < 4.78 is 85.0. The van der Waals surface area contributed by atoms with Gasteiger partial charge in [0.15, 0.2) is 0 Å². The minimum absolute atomic E-state index is 0. The Hall–Kier alpha value is -7.32. The molecule has 4 N–H and O–H groups in total. The number of pyridine rings is 2. The normalized spacial score (nSPS) is 12.1. The van der Waals surface area contributed by atoms with Gasteiger partial charge in [0.1, 0.15) is 0 Å². The van der Waals surface area contributed by atoms with Crippen molar-refractivity contribution in [2.45, 2.75) is 51.1 Å².